The number of carbonyl (C=O) groups is 1. The molecule has 13 heavy (non-hydrogen) atoms. The van der Waals surface area contributed by atoms with Gasteiger partial charge in [-0.15, -0.1) is 0 Å². The second-order valence-corrected chi connectivity index (χ2v) is 4.51. The van der Waals surface area contributed by atoms with Gasteiger partial charge in [-0.25, -0.2) is 0 Å². The molecule has 0 saturated heterocycles. The molecular formula is C10H9AuOSe. The maximum atomic E-state index is 11.5. The minimum atomic E-state index is 0. The van der Waals surface area contributed by atoms with Crippen LogP contribution in [0.25, 0.3) is 0 Å². The van der Waals surface area contributed by atoms with Crippen molar-refractivity contribution in [1.82, 2.24) is 0 Å². The zero-order valence-corrected chi connectivity index (χ0v) is 10.8. The van der Waals surface area contributed by atoms with Crippen molar-refractivity contribution in [3.05, 3.63) is 35.4 Å². The standard InChI is InChI=1S/C10H9OSe.Au/c11-10-6-8(12)5-7-3-1-2-4-9(7)10;/h1-4,8H,5-6H2;. The van der Waals surface area contributed by atoms with E-state index in [1.165, 1.54) is 5.56 Å². The summed E-state index contributed by atoms with van der Waals surface area (Å²) in [7, 11) is 0. The van der Waals surface area contributed by atoms with Crippen LogP contribution in [-0.2, 0) is 28.8 Å². The van der Waals surface area contributed by atoms with Crippen LogP contribution in [0.15, 0.2) is 24.3 Å². The summed E-state index contributed by atoms with van der Waals surface area (Å²) in [6, 6.07) is 7.88. The molecule has 0 bridgehead atoms. The molecule has 2 rings (SSSR count). The Kier molecular flexibility index (Phi) is 3.96. The largest absolute Gasteiger partial charge is 0 e. The van der Waals surface area contributed by atoms with Crippen LogP contribution in [0.5, 0.6) is 0 Å². The third-order valence-electron chi connectivity index (χ3n) is 2.18. The fourth-order valence-electron chi connectivity index (χ4n) is 1.60. The Balaban J connectivity index is 0.000000845. The number of Topliss-reactive ketones (excluding diaryl/α,β-unsaturated/α-hetero) is 1. The van der Waals surface area contributed by atoms with E-state index in [-0.39, 0.29) is 28.2 Å². The van der Waals surface area contributed by atoms with Crippen molar-refractivity contribution >= 4 is 21.8 Å². The molecule has 1 aliphatic rings. The van der Waals surface area contributed by atoms with Crippen molar-refractivity contribution in [2.45, 2.75) is 17.7 Å². The van der Waals surface area contributed by atoms with E-state index in [0.29, 0.717) is 11.2 Å². The zero-order valence-electron chi connectivity index (χ0n) is 6.92. The molecule has 1 nitrogen and oxygen atoms in total. The normalized spacial score (nSPS) is 20.4. The Morgan fingerprint density at radius 1 is 1.23 bits per heavy atom. The predicted molar refractivity (Wildman–Crippen MR) is 48.6 cm³/mol. The molecule has 1 unspecified atom stereocenters. The first-order valence-electron chi connectivity index (χ1n) is 4.04. The molecule has 0 heterocycles. The SMILES string of the molecule is O=C1CC([Se])Cc2ccccc21.[Au]. The van der Waals surface area contributed by atoms with Crippen molar-refractivity contribution in [1.29, 1.82) is 0 Å². The summed E-state index contributed by atoms with van der Waals surface area (Å²) in [4.78, 5) is 11.9. The summed E-state index contributed by atoms with van der Waals surface area (Å²) < 4.78 is 0. The Hall–Kier alpha value is 0.150. The Morgan fingerprint density at radius 3 is 2.69 bits per heavy atom. The molecule has 1 atom stereocenters. The summed E-state index contributed by atoms with van der Waals surface area (Å²) in [6.07, 6.45) is 1.67. The van der Waals surface area contributed by atoms with Crippen LogP contribution < -0.4 is 0 Å². The molecule has 0 saturated carbocycles. The molecule has 0 spiro atoms. The van der Waals surface area contributed by atoms with Crippen molar-refractivity contribution in [2.75, 3.05) is 0 Å². The Labute approximate surface area is 102 Å². The first kappa shape index (κ1) is 11.2. The minimum absolute atomic E-state index is 0. The van der Waals surface area contributed by atoms with Gasteiger partial charge in [-0.1, -0.05) is 0 Å². The summed E-state index contributed by atoms with van der Waals surface area (Å²) in [5.74, 6) is 0.278. The quantitative estimate of drug-likeness (QED) is 0.584. The van der Waals surface area contributed by atoms with Crippen LogP contribution in [0.2, 0.25) is 4.82 Å². The van der Waals surface area contributed by atoms with Crippen LogP contribution >= 0.6 is 0 Å². The Bertz CT molecular complexity index is 324. The van der Waals surface area contributed by atoms with Crippen LogP contribution in [-0.4, -0.2) is 21.8 Å². The molecule has 0 fully saturated rings. The molecule has 1 aromatic carbocycles. The maximum Gasteiger partial charge on any atom is 0 e. The van der Waals surface area contributed by atoms with Crippen LogP contribution in [0.1, 0.15) is 22.3 Å². The van der Waals surface area contributed by atoms with Crippen LogP contribution in [0.4, 0.5) is 0 Å². The summed E-state index contributed by atoms with van der Waals surface area (Å²) >= 11 is 3.03. The van der Waals surface area contributed by atoms with Gasteiger partial charge in [0.05, 0.1) is 0 Å². The van der Waals surface area contributed by atoms with Crippen LogP contribution in [0, 0.1) is 0 Å². The summed E-state index contributed by atoms with van der Waals surface area (Å²) in [5, 5.41) is 0. The number of hydrogen-bond donors (Lipinski definition) is 0. The van der Waals surface area contributed by atoms with E-state index in [4.69, 9.17) is 0 Å². The van der Waals surface area contributed by atoms with Crippen molar-refractivity contribution < 1.29 is 27.2 Å². The smallest absolute Gasteiger partial charge is 0 e. The average Bonchev–Trinajstić information content (AvgIpc) is 2.04. The topological polar surface area (TPSA) is 17.1 Å². The van der Waals surface area contributed by atoms with E-state index >= 15 is 0 Å². The first-order chi connectivity index (χ1) is 5.77. The van der Waals surface area contributed by atoms with E-state index in [1.807, 2.05) is 24.3 Å². The van der Waals surface area contributed by atoms with Gasteiger partial charge in [-0.2, -0.15) is 0 Å². The van der Waals surface area contributed by atoms with E-state index in [9.17, 15) is 4.79 Å². The van der Waals surface area contributed by atoms with E-state index in [1.54, 1.807) is 0 Å². The van der Waals surface area contributed by atoms with Crippen molar-refractivity contribution in [2.24, 2.45) is 0 Å². The number of carbonyl (C=O) groups excluding carboxylic acids is 1. The van der Waals surface area contributed by atoms with Gasteiger partial charge in [-0.3, -0.25) is 0 Å². The zero-order chi connectivity index (χ0) is 8.55. The molecule has 2 radical (unpaired) electrons. The number of ketones is 1. The molecule has 0 aliphatic heterocycles. The second kappa shape index (κ2) is 4.59. The molecule has 0 aromatic heterocycles. The van der Waals surface area contributed by atoms with Gasteiger partial charge >= 0.3 is 79.6 Å². The third kappa shape index (κ3) is 2.34. The second-order valence-electron chi connectivity index (χ2n) is 3.11. The van der Waals surface area contributed by atoms with Crippen molar-refractivity contribution in [3.63, 3.8) is 0 Å². The predicted octanol–water partition coefficient (Wildman–Crippen LogP) is 1.77. The average molecular weight is 421 g/mol. The molecular weight excluding hydrogens is 412 g/mol. The fourth-order valence-corrected chi connectivity index (χ4v) is 2.30. The maximum absolute atomic E-state index is 11.5. The third-order valence-corrected chi connectivity index (χ3v) is 2.88. The number of hydrogen-bond acceptors (Lipinski definition) is 1. The molecule has 1 aliphatic carbocycles. The van der Waals surface area contributed by atoms with Gasteiger partial charge in [0.25, 0.3) is 0 Å². The van der Waals surface area contributed by atoms with Crippen molar-refractivity contribution in [3.8, 4) is 0 Å². The van der Waals surface area contributed by atoms with Gasteiger partial charge in [-0.05, 0) is 0 Å². The first-order valence-corrected chi connectivity index (χ1v) is 5.03. The molecule has 0 N–H and O–H groups in total. The molecule has 72 valence electrons. The summed E-state index contributed by atoms with van der Waals surface area (Å²) in [5.41, 5.74) is 2.11. The fraction of sp³-hybridized carbons (Fsp3) is 0.300. The monoisotopic (exact) mass is 422 g/mol. The van der Waals surface area contributed by atoms with Gasteiger partial charge in [0, 0.05) is 22.4 Å². The number of benzene rings is 1. The minimum Gasteiger partial charge on any atom is 0 e. The molecule has 0 amide bonds. The Morgan fingerprint density at radius 2 is 1.92 bits per heavy atom. The van der Waals surface area contributed by atoms with Crippen LogP contribution in [0.3, 0.4) is 0 Å². The van der Waals surface area contributed by atoms with Gasteiger partial charge in [0.1, 0.15) is 0 Å². The molecule has 1 aromatic rings. The number of fused-ring (bicyclic) bond motifs is 1. The summed E-state index contributed by atoms with van der Waals surface area (Å²) in [6.45, 7) is 0. The van der Waals surface area contributed by atoms with E-state index in [0.717, 1.165) is 12.0 Å². The van der Waals surface area contributed by atoms with Gasteiger partial charge in [0.2, 0.25) is 0 Å². The molecule has 3 heteroatoms. The van der Waals surface area contributed by atoms with E-state index in [2.05, 4.69) is 16.0 Å². The number of rotatable bonds is 0. The van der Waals surface area contributed by atoms with Gasteiger partial charge < -0.3 is 0 Å². The van der Waals surface area contributed by atoms with E-state index < -0.39 is 0 Å². The van der Waals surface area contributed by atoms with Gasteiger partial charge in [0.15, 0.2) is 0 Å².